The Morgan fingerprint density at radius 3 is 2.86 bits per heavy atom. The minimum Gasteiger partial charge on any atom is -0.478 e. The SMILES string of the molecule is CNCCCNCc1ccc(-c2cccc(C(=O)O)c2)o1. The van der Waals surface area contributed by atoms with Gasteiger partial charge in [-0.25, -0.2) is 4.79 Å². The van der Waals surface area contributed by atoms with Crippen LogP contribution in [0.15, 0.2) is 40.8 Å². The molecule has 0 radical (unpaired) electrons. The zero-order chi connectivity index (χ0) is 15.1. The highest BCUT2D eigenvalue weighted by atomic mass is 16.4. The number of carboxylic acids is 1. The third-order valence-corrected chi connectivity index (χ3v) is 3.14. The molecule has 0 fully saturated rings. The van der Waals surface area contributed by atoms with Crippen LogP contribution in [0.3, 0.4) is 0 Å². The van der Waals surface area contributed by atoms with Crippen LogP contribution in [0.1, 0.15) is 22.5 Å². The molecule has 0 saturated heterocycles. The first kappa shape index (κ1) is 15.3. The smallest absolute Gasteiger partial charge is 0.335 e. The molecule has 0 unspecified atom stereocenters. The number of rotatable bonds is 8. The van der Waals surface area contributed by atoms with Gasteiger partial charge in [0, 0.05) is 5.56 Å². The van der Waals surface area contributed by atoms with Gasteiger partial charge in [-0.3, -0.25) is 0 Å². The first-order chi connectivity index (χ1) is 10.2. The summed E-state index contributed by atoms with van der Waals surface area (Å²) in [5, 5.41) is 15.4. The summed E-state index contributed by atoms with van der Waals surface area (Å²) >= 11 is 0. The number of hydrogen-bond donors (Lipinski definition) is 3. The van der Waals surface area contributed by atoms with Gasteiger partial charge in [0.25, 0.3) is 0 Å². The van der Waals surface area contributed by atoms with Gasteiger partial charge in [-0.1, -0.05) is 12.1 Å². The molecule has 0 aliphatic rings. The fraction of sp³-hybridized carbons (Fsp3) is 0.312. The lowest BCUT2D eigenvalue weighted by Gasteiger charge is -2.02. The molecule has 0 bridgehead atoms. The Morgan fingerprint density at radius 2 is 2.10 bits per heavy atom. The number of carboxylic acid groups (broad SMARTS) is 1. The van der Waals surface area contributed by atoms with Crippen molar-refractivity contribution in [3.63, 3.8) is 0 Å². The summed E-state index contributed by atoms with van der Waals surface area (Å²) in [6.45, 7) is 2.58. The largest absolute Gasteiger partial charge is 0.478 e. The van der Waals surface area contributed by atoms with E-state index in [0.29, 0.717) is 12.3 Å². The van der Waals surface area contributed by atoms with E-state index >= 15 is 0 Å². The fourth-order valence-corrected chi connectivity index (χ4v) is 2.04. The molecule has 0 aliphatic heterocycles. The molecule has 1 aromatic heterocycles. The molecule has 2 rings (SSSR count). The second-order valence-corrected chi connectivity index (χ2v) is 4.79. The summed E-state index contributed by atoms with van der Waals surface area (Å²) in [5.41, 5.74) is 1.03. The summed E-state index contributed by atoms with van der Waals surface area (Å²) in [5.74, 6) is 0.593. The molecule has 21 heavy (non-hydrogen) atoms. The van der Waals surface area contributed by atoms with E-state index in [9.17, 15) is 4.79 Å². The summed E-state index contributed by atoms with van der Waals surface area (Å²) in [6, 6.07) is 10.5. The van der Waals surface area contributed by atoms with Gasteiger partial charge in [0.1, 0.15) is 11.5 Å². The molecule has 1 heterocycles. The van der Waals surface area contributed by atoms with Crippen molar-refractivity contribution >= 4 is 5.97 Å². The van der Waals surface area contributed by atoms with E-state index in [1.54, 1.807) is 18.2 Å². The third-order valence-electron chi connectivity index (χ3n) is 3.14. The predicted octanol–water partition coefficient (Wildman–Crippen LogP) is 2.34. The molecule has 2 aromatic rings. The Hall–Kier alpha value is -2.11. The van der Waals surface area contributed by atoms with Gasteiger partial charge in [0.2, 0.25) is 0 Å². The molecule has 3 N–H and O–H groups in total. The molecule has 0 saturated carbocycles. The normalized spacial score (nSPS) is 10.7. The summed E-state index contributed by atoms with van der Waals surface area (Å²) < 4.78 is 5.74. The Balaban J connectivity index is 1.96. The van der Waals surface area contributed by atoms with Crippen LogP contribution in [0.4, 0.5) is 0 Å². The predicted molar refractivity (Wildman–Crippen MR) is 81.4 cm³/mol. The maximum absolute atomic E-state index is 11.0. The van der Waals surface area contributed by atoms with Crippen LogP contribution in [-0.4, -0.2) is 31.2 Å². The lowest BCUT2D eigenvalue weighted by molar-refractivity contribution is 0.0697. The molecule has 0 spiro atoms. The lowest BCUT2D eigenvalue weighted by atomic mass is 10.1. The van der Waals surface area contributed by atoms with Crippen LogP contribution < -0.4 is 10.6 Å². The highest BCUT2D eigenvalue weighted by Crippen LogP contribution is 2.23. The summed E-state index contributed by atoms with van der Waals surface area (Å²) in [7, 11) is 1.93. The van der Waals surface area contributed by atoms with E-state index in [1.165, 1.54) is 0 Å². The number of benzene rings is 1. The second kappa shape index (κ2) is 7.61. The molecule has 5 nitrogen and oxygen atoms in total. The van der Waals surface area contributed by atoms with E-state index in [-0.39, 0.29) is 5.56 Å². The fourth-order valence-electron chi connectivity index (χ4n) is 2.04. The van der Waals surface area contributed by atoms with Crippen molar-refractivity contribution in [3.05, 3.63) is 47.7 Å². The van der Waals surface area contributed by atoms with Gasteiger partial charge in [0.05, 0.1) is 12.1 Å². The van der Waals surface area contributed by atoms with Crippen molar-refractivity contribution in [1.82, 2.24) is 10.6 Å². The Kier molecular flexibility index (Phi) is 5.54. The van der Waals surface area contributed by atoms with Gasteiger partial charge in [-0.15, -0.1) is 0 Å². The van der Waals surface area contributed by atoms with E-state index in [2.05, 4.69) is 10.6 Å². The summed E-state index contributed by atoms with van der Waals surface area (Å²) in [4.78, 5) is 11.0. The molecule has 5 heteroatoms. The van der Waals surface area contributed by atoms with Crippen molar-refractivity contribution in [1.29, 1.82) is 0 Å². The quantitative estimate of drug-likeness (QED) is 0.650. The van der Waals surface area contributed by atoms with Crippen LogP contribution in [0, 0.1) is 0 Å². The van der Waals surface area contributed by atoms with E-state index in [4.69, 9.17) is 9.52 Å². The van der Waals surface area contributed by atoms with Crippen molar-refractivity contribution in [2.75, 3.05) is 20.1 Å². The van der Waals surface area contributed by atoms with Crippen LogP contribution in [0.25, 0.3) is 11.3 Å². The van der Waals surface area contributed by atoms with Crippen LogP contribution in [0.2, 0.25) is 0 Å². The number of carbonyl (C=O) groups is 1. The zero-order valence-electron chi connectivity index (χ0n) is 12.1. The highest BCUT2D eigenvalue weighted by Gasteiger charge is 2.08. The Bertz CT molecular complexity index is 593. The molecule has 112 valence electrons. The van der Waals surface area contributed by atoms with Crippen molar-refractivity contribution in [2.24, 2.45) is 0 Å². The van der Waals surface area contributed by atoms with Gasteiger partial charge < -0.3 is 20.2 Å². The average Bonchev–Trinajstić information content (AvgIpc) is 2.96. The maximum atomic E-state index is 11.0. The van der Waals surface area contributed by atoms with Gasteiger partial charge in [-0.2, -0.15) is 0 Å². The molecule has 0 atom stereocenters. The minimum atomic E-state index is -0.935. The standard InChI is InChI=1S/C16H20N2O3/c1-17-8-3-9-18-11-14-6-7-15(21-14)12-4-2-5-13(10-12)16(19)20/h2,4-7,10,17-18H,3,8-9,11H2,1H3,(H,19,20). The minimum absolute atomic E-state index is 0.260. The topological polar surface area (TPSA) is 74.5 Å². The molecular weight excluding hydrogens is 268 g/mol. The van der Waals surface area contributed by atoms with E-state index in [1.807, 2.05) is 25.2 Å². The van der Waals surface area contributed by atoms with Crippen LogP contribution in [-0.2, 0) is 6.54 Å². The van der Waals surface area contributed by atoms with E-state index in [0.717, 1.165) is 30.8 Å². The molecule has 1 aromatic carbocycles. The second-order valence-electron chi connectivity index (χ2n) is 4.79. The average molecular weight is 288 g/mol. The molecule has 0 aliphatic carbocycles. The Morgan fingerprint density at radius 1 is 1.24 bits per heavy atom. The van der Waals surface area contributed by atoms with Crippen molar-refractivity contribution in [3.8, 4) is 11.3 Å². The summed E-state index contributed by atoms with van der Waals surface area (Å²) in [6.07, 6.45) is 1.06. The lowest BCUT2D eigenvalue weighted by Crippen LogP contribution is -2.19. The van der Waals surface area contributed by atoms with Crippen molar-refractivity contribution in [2.45, 2.75) is 13.0 Å². The van der Waals surface area contributed by atoms with Gasteiger partial charge in [-0.05, 0) is 50.8 Å². The van der Waals surface area contributed by atoms with Crippen molar-refractivity contribution < 1.29 is 14.3 Å². The van der Waals surface area contributed by atoms with E-state index < -0.39 is 5.97 Å². The number of hydrogen-bond acceptors (Lipinski definition) is 4. The number of furan rings is 1. The van der Waals surface area contributed by atoms with Crippen LogP contribution >= 0.6 is 0 Å². The third kappa shape index (κ3) is 4.44. The highest BCUT2D eigenvalue weighted by molar-refractivity contribution is 5.89. The first-order valence-electron chi connectivity index (χ1n) is 6.98. The Labute approximate surface area is 124 Å². The first-order valence-corrected chi connectivity index (χ1v) is 6.98. The molecule has 0 amide bonds. The van der Waals surface area contributed by atoms with Crippen LogP contribution in [0.5, 0.6) is 0 Å². The number of nitrogens with one attached hydrogen (secondary N) is 2. The maximum Gasteiger partial charge on any atom is 0.335 e. The monoisotopic (exact) mass is 288 g/mol. The number of aromatic carboxylic acids is 1. The zero-order valence-corrected chi connectivity index (χ0v) is 12.1. The van der Waals surface area contributed by atoms with Gasteiger partial charge in [0.15, 0.2) is 0 Å². The van der Waals surface area contributed by atoms with Gasteiger partial charge >= 0.3 is 5.97 Å². The molecular formula is C16H20N2O3.